The first-order chi connectivity index (χ1) is 8.69. The second kappa shape index (κ2) is 4.33. The summed E-state index contributed by atoms with van der Waals surface area (Å²) in [6.45, 7) is 3.64. The number of carbonyl (C=O) groups excluding carboxylic acids is 1. The van der Waals surface area contributed by atoms with Crippen molar-refractivity contribution in [3.8, 4) is 0 Å². The third-order valence-electron chi connectivity index (χ3n) is 3.27. The minimum absolute atomic E-state index is 0.102. The van der Waals surface area contributed by atoms with Gasteiger partial charge in [-0.3, -0.25) is 4.79 Å². The summed E-state index contributed by atoms with van der Waals surface area (Å²) in [6, 6.07) is 5.78. The van der Waals surface area contributed by atoms with Crippen LogP contribution in [0.4, 0.5) is 5.69 Å². The summed E-state index contributed by atoms with van der Waals surface area (Å²) < 4.78 is 12.2. The van der Waals surface area contributed by atoms with Gasteiger partial charge in [0.25, 0.3) is 11.7 Å². The highest BCUT2D eigenvalue weighted by Crippen LogP contribution is 2.46. The van der Waals surface area contributed by atoms with Crippen LogP contribution in [0.3, 0.4) is 0 Å². The van der Waals surface area contributed by atoms with Crippen molar-refractivity contribution in [2.75, 3.05) is 24.7 Å². The highest BCUT2D eigenvalue weighted by Gasteiger charge is 2.55. The van der Waals surface area contributed by atoms with Gasteiger partial charge in [0.2, 0.25) is 0 Å². The van der Waals surface area contributed by atoms with Crippen LogP contribution < -0.4 is 4.90 Å². The fourth-order valence-electron chi connectivity index (χ4n) is 2.55. The molecular formula is C13H14BrNO3. The van der Waals surface area contributed by atoms with E-state index in [0.29, 0.717) is 19.8 Å². The molecule has 3 rings (SSSR count). The van der Waals surface area contributed by atoms with Gasteiger partial charge < -0.3 is 14.4 Å². The molecule has 2 aliphatic rings. The van der Waals surface area contributed by atoms with Crippen LogP contribution in [0, 0.1) is 0 Å². The normalized spacial score (nSPS) is 20.8. The Morgan fingerprint density at radius 1 is 1.39 bits per heavy atom. The molecule has 0 N–H and O–H groups in total. The van der Waals surface area contributed by atoms with Crippen molar-refractivity contribution in [1.29, 1.82) is 0 Å². The minimum atomic E-state index is -1.20. The number of hydrogen-bond donors (Lipinski definition) is 0. The Morgan fingerprint density at radius 3 is 2.78 bits per heavy atom. The summed E-state index contributed by atoms with van der Waals surface area (Å²) in [5.74, 6) is -1.30. The van der Waals surface area contributed by atoms with E-state index >= 15 is 0 Å². The third kappa shape index (κ3) is 1.54. The Morgan fingerprint density at radius 2 is 2.11 bits per heavy atom. The number of hydrogen-bond acceptors (Lipinski definition) is 3. The van der Waals surface area contributed by atoms with Gasteiger partial charge >= 0.3 is 0 Å². The molecule has 2 heterocycles. The number of nitrogens with zero attached hydrogens (tertiary/aromatic N) is 1. The lowest BCUT2D eigenvalue weighted by Crippen LogP contribution is -2.41. The van der Waals surface area contributed by atoms with E-state index in [4.69, 9.17) is 9.47 Å². The van der Waals surface area contributed by atoms with Crippen molar-refractivity contribution in [2.24, 2.45) is 0 Å². The van der Waals surface area contributed by atoms with Gasteiger partial charge in [0.05, 0.1) is 18.9 Å². The molecule has 0 aromatic heterocycles. The molecule has 0 saturated carbocycles. The molecule has 96 valence electrons. The van der Waals surface area contributed by atoms with Gasteiger partial charge in [-0.1, -0.05) is 22.9 Å². The van der Waals surface area contributed by atoms with Crippen LogP contribution in [0.2, 0.25) is 0 Å². The van der Waals surface area contributed by atoms with Crippen molar-refractivity contribution in [2.45, 2.75) is 19.1 Å². The van der Waals surface area contributed by atoms with Gasteiger partial charge in [-0.2, -0.15) is 0 Å². The fourth-order valence-corrected chi connectivity index (χ4v) is 2.91. The Bertz CT molecular complexity index is 497. The topological polar surface area (TPSA) is 38.8 Å². The van der Waals surface area contributed by atoms with Crippen molar-refractivity contribution < 1.29 is 14.3 Å². The summed E-state index contributed by atoms with van der Waals surface area (Å²) >= 11 is 3.43. The first-order valence-corrected chi connectivity index (χ1v) is 6.88. The zero-order valence-electron chi connectivity index (χ0n) is 10.1. The van der Waals surface area contributed by atoms with Gasteiger partial charge in [0.1, 0.15) is 0 Å². The first-order valence-electron chi connectivity index (χ1n) is 6.09. The summed E-state index contributed by atoms with van der Waals surface area (Å²) in [6.07, 6.45) is 0.900. The molecule has 1 aromatic rings. The Kier molecular flexibility index (Phi) is 2.92. The van der Waals surface area contributed by atoms with E-state index in [0.717, 1.165) is 22.1 Å². The van der Waals surface area contributed by atoms with Crippen LogP contribution in [0.25, 0.3) is 0 Å². The maximum absolute atomic E-state index is 12.5. The average molecular weight is 312 g/mol. The lowest BCUT2D eigenvalue weighted by Gasteiger charge is -2.21. The molecular weight excluding hydrogens is 298 g/mol. The third-order valence-corrected chi connectivity index (χ3v) is 3.77. The summed E-state index contributed by atoms with van der Waals surface area (Å²) in [5, 5.41) is 0. The number of ether oxygens (including phenoxy) is 2. The molecule has 1 saturated heterocycles. The van der Waals surface area contributed by atoms with E-state index < -0.39 is 5.79 Å². The summed E-state index contributed by atoms with van der Waals surface area (Å²) in [4.78, 5) is 14.3. The number of rotatable bonds is 2. The Hall–Kier alpha value is -0.910. The van der Waals surface area contributed by atoms with E-state index in [-0.39, 0.29) is 5.91 Å². The fraction of sp³-hybridized carbons (Fsp3) is 0.462. The predicted molar refractivity (Wildman–Crippen MR) is 70.4 cm³/mol. The maximum Gasteiger partial charge on any atom is 0.292 e. The lowest BCUT2D eigenvalue weighted by atomic mass is 10.1. The second-order valence-electron chi connectivity index (χ2n) is 4.43. The number of halogens is 1. The standard InChI is InChI=1S/C13H14BrNO3/c1-2-5-15-11-4-3-9(14)8-10(11)13(12(15)16)17-6-7-18-13/h3-4,8H,2,5-7H2,1H3. The number of benzene rings is 1. The molecule has 0 radical (unpaired) electrons. The van der Waals surface area contributed by atoms with E-state index in [1.165, 1.54) is 0 Å². The highest BCUT2D eigenvalue weighted by molar-refractivity contribution is 9.10. The van der Waals surface area contributed by atoms with Crippen molar-refractivity contribution in [3.05, 3.63) is 28.2 Å². The molecule has 0 aliphatic carbocycles. The van der Waals surface area contributed by atoms with Gasteiger partial charge in [-0.05, 0) is 24.6 Å². The quantitative estimate of drug-likeness (QED) is 0.842. The maximum atomic E-state index is 12.5. The molecule has 1 aromatic carbocycles. The second-order valence-corrected chi connectivity index (χ2v) is 5.35. The zero-order valence-corrected chi connectivity index (χ0v) is 11.7. The molecule has 0 unspecified atom stereocenters. The van der Waals surface area contributed by atoms with Crippen molar-refractivity contribution in [3.63, 3.8) is 0 Å². The molecule has 1 amide bonds. The largest absolute Gasteiger partial charge is 0.336 e. The average Bonchev–Trinajstić information content (AvgIpc) is 2.92. The van der Waals surface area contributed by atoms with Crippen LogP contribution >= 0.6 is 15.9 Å². The van der Waals surface area contributed by atoms with E-state index in [1.54, 1.807) is 4.90 Å². The Labute approximate surface area is 114 Å². The minimum Gasteiger partial charge on any atom is -0.336 e. The van der Waals surface area contributed by atoms with E-state index in [1.807, 2.05) is 25.1 Å². The predicted octanol–water partition coefficient (Wildman–Crippen LogP) is 2.41. The van der Waals surface area contributed by atoms with Crippen LogP contribution in [0.1, 0.15) is 18.9 Å². The zero-order chi connectivity index (χ0) is 12.8. The smallest absolute Gasteiger partial charge is 0.292 e. The van der Waals surface area contributed by atoms with Gasteiger partial charge in [-0.15, -0.1) is 0 Å². The number of fused-ring (bicyclic) bond motifs is 2. The highest BCUT2D eigenvalue weighted by atomic mass is 79.9. The molecule has 18 heavy (non-hydrogen) atoms. The molecule has 2 aliphatic heterocycles. The number of anilines is 1. The summed E-state index contributed by atoms with van der Waals surface area (Å²) in [7, 11) is 0. The molecule has 1 fully saturated rings. The molecule has 0 bridgehead atoms. The number of carbonyl (C=O) groups is 1. The molecule has 1 spiro atoms. The first kappa shape index (κ1) is 12.1. The van der Waals surface area contributed by atoms with Crippen molar-refractivity contribution >= 4 is 27.5 Å². The van der Waals surface area contributed by atoms with Crippen molar-refractivity contribution in [1.82, 2.24) is 0 Å². The molecule has 5 heteroatoms. The molecule has 4 nitrogen and oxygen atoms in total. The summed E-state index contributed by atoms with van der Waals surface area (Å²) in [5.41, 5.74) is 1.71. The van der Waals surface area contributed by atoms with E-state index in [9.17, 15) is 4.79 Å². The van der Waals surface area contributed by atoms with Crippen LogP contribution in [-0.4, -0.2) is 25.7 Å². The monoisotopic (exact) mass is 311 g/mol. The lowest BCUT2D eigenvalue weighted by molar-refractivity contribution is -0.180. The van der Waals surface area contributed by atoms with Crippen LogP contribution in [0.5, 0.6) is 0 Å². The molecule has 0 atom stereocenters. The number of amides is 1. The van der Waals surface area contributed by atoms with Gasteiger partial charge in [0, 0.05) is 16.6 Å². The SMILES string of the molecule is CCCN1C(=O)C2(OCCO2)c2cc(Br)ccc21. The Balaban J connectivity index is 2.14. The van der Waals surface area contributed by atoms with E-state index in [2.05, 4.69) is 15.9 Å². The van der Waals surface area contributed by atoms with Gasteiger partial charge in [0.15, 0.2) is 0 Å². The van der Waals surface area contributed by atoms with Gasteiger partial charge in [-0.25, -0.2) is 0 Å². The van der Waals surface area contributed by atoms with Crippen LogP contribution in [-0.2, 0) is 20.1 Å². The van der Waals surface area contributed by atoms with Crippen LogP contribution in [0.15, 0.2) is 22.7 Å².